The van der Waals surface area contributed by atoms with Gasteiger partial charge in [0.2, 0.25) is 5.89 Å². The number of aliphatic carboxylic acids is 1. The lowest BCUT2D eigenvalue weighted by Crippen LogP contribution is -2.02. The summed E-state index contributed by atoms with van der Waals surface area (Å²) in [5.41, 5.74) is 0.494. The van der Waals surface area contributed by atoms with Crippen molar-refractivity contribution in [3.05, 3.63) is 17.3 Å². The number of ether oxygens (including phenoxy) is 1. The van der Waals surface area contributed by atoms with Crippen LogP contribution in [-0.2, 0) is 16.0 Å². The fourth-order valence-corrected chi connectivity index (χ4v) is 1.67. The summed E-state index contributed by atoms with van der Waals surface area (Å²) in [6.07, 6.45) is 1.71. The van der Waals surface area contributed by atoms with Gasteiger partial charge >= 0.3 is 5.97 Å². The Morgan fingerprint density at radius 3 is 3.07 bits per heavy atom. The smallest absolute Gasteiger partial charge is 0.309 e. The minimum Gasteiger partial charge on any atom is -0.481 e. The Morgan fingerprint density at radius 1 is 1.67 bits per heavy atom. The second-order valence-electron chi connectivity index (χ2n) is 3.63. The van der Waals surface area contributed by atoms with Gasteiger partial charge in [0.25, 0.3) is 0 Å². The summed E-state index contributed by atoms with van der Waals surface area (Å²) in [4.78, 5) is 14.7. The molecule has 5 heteroatoms. The van der Waals surface area contributed by atoms with Crippen LogP contribution < -0.4 is 0 Å². The number of carboxylic acid groups (broad SMARTS) is 1. The van der Waals surface area contributed by atoms with Crippen molar-refractivity contribution >= 4 is 5.97 Å². The van der Waals surface area contributed by atoms with E-state index in [4.69, 9.17) is 14.3 Å². The van der Waals surface area contributed by atoms with Crippen LogP contribution in [0, 0.1) is 6.92 Å². The Kier molecular flexibility index (Phi) is 2.73. The normalized spacial score (nSPS) is 20.7. The largest absolute Gasteiger partial charge is 0.481 e. The number of nitrogens with zero attached hydrogens (tertiary/aromatic N) is 1. The average Bonchev–Trinajstić information content (AvgIpc) is 2.75. The number of carbonyl (C=O) groups is 1. The lowest BCUT2D eigenvalue weighted by atomic mass is 10.2. The molecule has 1 aromatic heterocycles. The second kappa shape index (κ2) is 4.02. The molecular formula is C10H13NO4. The number of hydrogen-bond acceptors (Lipinski definition) is 4. The molecule has 1 aliphatic heterocycles. The van der Waals surface area contributed by atoms with Gasteiger partial charge in [0.05, 0.1) is 12.1 Å². The van der Waals surface area contributed by atoms with Gasteiger partial charge in [0.15, 0.2) is 0 Å². The van der Waals surface area contributed by atoms with Gasteiger partial charge in [-0.25, -0.2) is 4.98 Å². The van der Waals surface area contributed by atoms with Crippen molar-refractivity contribution < 1.29 is 19.1 Å². The van der Waals surface area contributed by atoms with Gasteiger partial charge < -0.3 is 14.3 Å². The molecule has 0 saturated carbocycles. The molecular weight excluding hydrogens is 198 g/mol. The first-order valence-corrected chi connectivity index (χ1v) is 4.96. The van der Waals surface area contributed by atoms with E-state index in [0.717, 1.165) is 19.4 Å². The van der Waals surface area contributed by atoms with Gasteiger partial charge in [0.1, 0.15) is 11.9 Å². The quantitative estimate of drug-likeness (QED) is 0.819. The van der Waals surface area contributed by atoms with E-state index < -0.39 is 5.97 Å². The van der Waals surface area contributed by atoms with Crippen molar-refractivity contribution in [2.45, 2.75) is 32.3 Å². The van der Waals surface area contributed by atoms with Gasteiger partial charge in [0, 0.05) is 6.61 Å². The van der Waals surface area contributed by atoms with Gasteiger partial charge in [-0.15, -0.1) is 0 Å². The molecule has 15 heavy (non-hydrogen) atoms. The van der Waals surface area contributed by atoms with Crippen LogP contribution >= 0.6 is 0 Å². The van der Waals surface area contributed by atoms with E-state index >= 15 is 0 Å². The highest BCUT2D eigenvalue weighted by atomic mass is 16.5. The molecule has 82 valence electrons. The highest BCUT2D eigenvalue weighted by molar-refractivity contribution is 5.69. The van der Waals surface area contributed by atoms with E-state index in [1.807, 2.05) is 0 Å². The monoisotopic (exact) mass is 211 g/mol. The van der Waals surface area contributed by atoms with Crippen LogP contribution in [0.15, 0.2) is 4.42 Å². The number of carboxylic acids is 1. The lowest BCUT2D eigenvalue weighted by Gasteiger charge is -2.01. The molecule has 1 aromatic rings. The zero-order chi connectivity index (χ0) is 10.8. The predicted molar refractivity (Wildman–Crippen MR) is 50.5 cm³/mol. The molecule has 1 fully saturated rings. The van der Waals surface area contributed by atoms with Crippen LogP contribution in [-0.4, -0.2) is 22.7 Å². The van der Waals surface area contributed by atoms with E-state index in [9.17, 15) is 4.79 Å². The molecule has 0 aliphatic carbocycles. The highest BCUT2D eigenvalue weighted by Gasteiger charge is 2.24. The molecule has 1 saturated heterocycles. The molecule has 1 aliphatic rings. The van der Waals surface area contributed by atoms with Crippen molar-refractivity contribution in [2.24, 2.45) is 0 Å². The number of aryl methyl sites for hydroxylation is 1. The Bertz CT molecular complexity index is 365. The highest BCUT2D eigenvalue weighted by Crippen LogP contribution is 2.29. The Labute approximate surface area is 87.1 Å². The summed E-state index contributed by atoms with van der Waals surface area (Å²) in [6.45, 7) is 2.45. The van der Waals surface area contributed by atoms with Crippen molar-refractivity contribution in [3.63, 3.8) is 0 Å². The lowest BCUT2D eigenvalue weighted by molar-refractivity contribution is -0.136. The summed E-state index contributed by atoms with van der Waals surface area (Å²) in [7, 11) is 0. The van der Waals surface area contributed by atoms with E-state index in [2.05, 4.69) is 4.98 Å². The summed E-state index contributed by atoms with van der Waals surface area (Å²) in [6, 6.07) is 0. The Morgan fingerprint density at radius 2 is 2.47 bits per heavy atom. The van der Waals surface area contributed by atoms with E-state index in [-0.39, 0.29) is 12.5 Å². The van der Waals surface area contributed by atoms with E-state index in [1.54, 1.807) is 6.92 Å². The van der Waals surface area contributed by atoms with Gasteiger partial charge in [-0.2, -0.15) is 0 Å². The molecule has 0 radical (unpaired) electrons. The van der Waals surface area contributed by atoms with Crippen molar-refractivity contribution in [1.82, 2.24) is 4.98 Å². The van der Waals surface area contributed by atoms with E-state index in [0.29, 0.717) is 17.3 Å². The minimum absolute atomic E-state index is 0.0914. The predicted octanol–water partition coefficient (Wildman–Crippen LogP) is 1.46. The fraction of sp³-hybridized carbons (Fsp3) is 0.600. The SMILES string of the molecule is Cc1oc(C2CCCO2)nc1CC(=O)O. The number of rotatable bonds is 3. The maximum absolute atomic E-state index is 10.5. The maximum Gasteiger partial charge on any atom is 0.309 e. The Hall–Kier alpha value is -1.36. The third kappa shape index (κ3) is 2.18. The van der Waals surface area contributed by atoms with Crippen LogP contribution in [0.4, 0.5) is 0 Å². The van der Waals surface area contributed by atoms with Gasteiger partial charge in [-0.1, -0.05) is 0 Å². The molecule has 0 amide bonds. The summed E-state index contributed by atoms with van der Waals surface area (Å²) >= 11 is 0. The number of aromatic nitrogens is 1. The number of oxazole rings is 1. The first-order chi connectivity index (χ1) is 7.16. The molecule has 1 atom stereocenters. The van der Waals surface area contributed by atoms with Crippen LogP contribution in [0.5, 0.6) is 0 Å². The zero-order valence-electron chi connectivity index (χ0n) is 8.52. The third-order valence-corrected chi connectivity index (χ3v) is 2.43. The molecule has 0 spiro atoms. The number of hydrogen-bond donors (Lipinski definition) is 1. The summed E-state index contributed by atoms with van der Waals surface area (Å²) < 4.78 is 10.8. The second-order valence-corrected chi connectivity index (χ2v) is 3.63. The standard InChI is InChI=1S/C10H13NO4/c1-6-7(5-9(12)13)11-10(15-6)8-3-2-4-14-8/h8H,2-5H2,1H3,(H,12,13). The van der Waals surface area contributed by atoms with E-state index in [1.165, 1.54) is 0 Å². The molecule has 1 N–H and O–H groups in total. The molecule has 2 heterocycles. The first kappa shape index (κ1) is 10.2. The maximum atomic E-state index is 10.5. The zero-order valence-corrected chi connectivity index (χ0v) is 8.52. The average molecular weight is 211 g/mol. The molecule has 0 aromatic carbocycles. The summed E-state index contributed by atoms with van der Waals surface area (Å²) in [5, 5.41) is 8.65. The topological polar surface area (TPSA) is 72.6 Å². The molecule has 1 unspecified atom stereocenters. The van der Waals surface area contributed by atoms with Crippen molar-refractivity contribution in [3.8, 4) is 0 Å². The third-order valence-electron chi connectivity index (χ3n) is 2.43. The first-order valence-electron chi connectivity index (χ1n) is 4.96. The van der Waals surface area contributed by atoms with Crippen LogP contribution in [0.2, 0.25) is 0 Å². The molecule has 0 bridgehead atoms. The van der Waals surface area contributed by atoms with Crippen molar-refractivity contribution in [1.29, 1.82) is 0 Å². The van der Waals surface area contributed by atoms with Crippen LogP contribution in [0.25, 0.3) is 0 Å². The Balaban J connectivity index is 2.16. The molecule has 5 nitrogen and oxygen atoms in total. The van der Waals surface area contributed by atoms with Crippen LogP contribution in [0.3, 0.4) is 0 Å². The van der Waals surface area contributed by atoms with Gasteiger partial charge in [-0.3, -0.25) is 4.79 Å². The fourth-order valence-electron chi connectivity index (χ4n) is 1.67. The minimum atomic E-state index is -0.898. The summed E-state index contributed by atoms with van der Waals surface area (Å²) in [5.74, 6) is 0.189. The molecule has 2 rings (SSSR count). The van der Waals surface area contributed by atoms with Crippen molar-refractivity contribution in [2.75, 3.05) is 6.61 Å². The van der Waals surface area contributed by atoms with Crippen LogP contribution in [0.1, 0.15) is 36.3 Å². The van der Waals surface area contributed by atoms with Gasteiger partial charge in [-0.05, 0) is 19.8 Å².